The summed E-state index contributed by atoms with van der Waals surface area (Å²) in [4.78, 5) is 16.2. The molecule has 0 bridgehead atoms. The molecule has 2 aromatic rings. The van der Waals surface area contributed by atoms with E-state index < -0.39 is 0 Å². The SMILES string of the molecule is NNc1nc(OCCc2cccs2)nc(N2CCCC2)n1. The fourth-order valence-electron chi connectivity index (χ4n) is 2.23. The van der Waals surface area contributed by atoms with Crippen LogP contribution in [0.3, 0.4) is 0 Å². The van der Waals surface area contributed by atoms with Gasteiger partial charge in [0.15, 0.2) is 0 Å². The van der Waals surface area contributed by atoms with Gasteiger partial charge >= 0.3 is 6.01 Å². The van der Waals surface area contributed by atoms with Gasteiger partial charge in [-0.25, -0.2) is 5.84 Å². The lowest BCUT2D eigenvalue weighted by molar-refractivity contribution is 0.296. The molecule has 3 heterocycles. The van der Waals surface area contributed by atoms with Gasteiger partial charge in [0.1, 0.15) is 0 Å². The molecule has 3 rings (SSSR count). The maximum absolute atomic E-state index is 5.64. The Morgan fingerprint density at radius 2 is 2.14 bits per heavy atom. The number of anilines is 2. The molecular weight excluding hydrogens is 288 g/mol. The zero-order chi connectivity index (χ0) is 14.5. The van der Waals surface area contributed by atoms with Crippen molar-refractivity contribution in [1.82, 2.24) is 15.0 Å². The van der Waals surface area contributed by atoms with Crippen LogP contribution in [0.4, 0.5) is 11.9 Å². The Morgan fingerprint density at radius 3 is 2.86 bits per heavy atom. The monoisotopic (exact) mass is 306 g/mol. The molecule has 2 aromatic heterocycles. The average molecular weight is 306 g/mol. The third-order valence-corrected chi connectivity index (χ3v) is 4.22. The number of rotatable bonds is 6. The van der Waals surface area contributed by atoms with Gasteiger partial charge < -0.3 is 9.64 Å². The molecule has 0 aromatic carbocycles. The number of ether oxygens (including phenoxy) is 1. The van der Waals surface area contributed by atoms with Crippen LogP contribution in [-0.4, -0.2) is 34.6 Å². The first-order valence-electron chi connectivity index (χ1n) is 6.98. The zero-order valence-corrected chi connectivity index (χ0v) is 12.5. The number of nitrogens with one attached hydrogen (secondary N) is 1. The molecule has 0 saturated carbocycles. The van der Waals surface area contributed by atoms with Crippen molar-refractivity contribution in [2.75, 3.05) is 30.0 Å². The number of nitrogen functional groups attached to an aromatic ring is 1. The first-order valence-corrected chi connectivity index (χ1v) is 7.86. The Morgan fingerprint density at radius 1 is 1.29 bits per heavy atom. The molecule has 0 aliphatic carbocycles. The predicted molar refractivity (Wildman–Crippen MR) is 82.6 cm³/mol. The van der Waals surface area contributed by atoms with Crippen LogP contribution in [-0.2, 0) is 6.42 Å². The summed E-state index contributed by atoms with van der Waals surface area (Å²) >= 11 is 1.72. The molecule has 8 heteroatoms. The fraction of sp³-hybridized carbons (Fsp3) is 0.462. The van der Waals surface area contributed by atoms with Crippen LogP contribution in [0.1, 0.15) is 17.7 Å². The van der Waals surface area contributed by atoms with Crippen LogP contribution in [0, 0.1) is 0 Å². The van der Waals surface area contributed by atoms with Gasteiger partial charge in [0, 0.05) is 24.4 Å². The minimum absolute atomic E-state index is 0.316. The summed E-state index contributed by atoms with van der Waals surface area (Å²) in [5.74, 6) is 6.37. The highest BCUT2D eigenvalue weighted by molar-refractivity contribution is 7.09. The van der Waals surface area contributed by atoms with Crippen molar-refractivity contribution in [2.24, 2.45) is 5.84 Å². The summed E-state index contributed by atoms with van der Waals surface area (Å²) in [5.41, 5.74) is 2.47. The van der Waals surface area contributed by atoms with E-state index in [2.05, 4.69) is 36.7 Å². The van der Waals surface area contributed by atoms with Gasteiger partial charge in [-0.05, 0) is 24.3 Å². The lowest BCUT2D eigenvalue weighted by Gasteiger charge is -2.16. The number of thiophene rings is 1. The highest BCUT2D eigenvalue weighted by Crippen LogP contribution is 2.19. The highest BCUT2D eigenvalue weighted by Gasteiger charge is 2.17. The number of nitrogens with zero attached hydrogens (tertiary/aromatic N) is 4. The largest absolute Gasteiger partial charge is 0.463 e. The van der Waals surface area contributed by atoms with Crippen molar-refractivity contribution in [3.05, 3.63) is 22.4 Å². The standard InChI is InChI=1S/C13H18N6OS/c14-18-11-15-12(19-6-1-2-7-19)17-13(16-11)20-8-5-10-4-3-9-21-10/h3-4,9H,1-2,5-8,14H2,(H,15,16,17,18). The van der Waals surface area contributed by atoms with E-state index in [0.29, 0.717) is 24.5 Å². The Balaban J connectivity index is 1.66. The molecule has 0 amide bonds. The van der Waals surface area contributed by atoms with E-state index >= 15 is 0 Å². The van der Waals surface area contributed by atoms with Crippen molar-refractivity contribution in [3.63, 3.8) is 0 Å². The van der Waals surface area contributed by atoms with Crippen LogP contribution in [0.15, 0.2) is 17.5 Å². The molecule has 0 radical (unpaired) electrons. The van der Waals surface area contributed by atoms with E-state index in [0.717, 1.165) is 32.4 Å². The number of nitrogens with two attached hydrogens (primary N) is 1. The quantitative estimate of drug-likeness (QED) is 0.616. The lowest BCUT2D eigenvalue weighted by Crippen LogP contribution is -2.23. The van der Waals surface area contributed by atoms with Gasteiger partial charge in [-0.3, -0.25) is 5.43 Å². The molecule has 1 fully saturated rings. The van der Waals surface area contributed by atoms with Gasteiger partial charge in [-0.15, -0.1) is 11.3 Å². The number of hydrogen-bond donors (Lipinski definition) is 2. The first-order chi connectivity index (χ1) is 10.3. The van der Waals surface area contributed by atoms with E-state index in [-0.39, 0.29) is 0 Å². The Kier molecular flexibility index (Phi) is 4.46. The van der Waals surface area contributed by atoms with E-state index in [9.17, 15) is 0 Å². The van der Waals surface area contributed by atoms with E-state index in [1.807, 2.05) is 6.07 Å². The highest BCUT2D eigenvalue weighted by atomic mass is 32.1. The summed E-state index contributed by atoms with van der Waals surface area (Å²) in [6.07, 6.45) is 3.16. The molecule has 7 nitrogen and oxygen atoms in total. The molecule has 3 N–H and O–H groups in total. The summed E-state index contributed by atoms with van der Waals surface area (Å²) < 4.78 is 5.64. The van der Waals surface area contributed by atoms with Crippen molar-refractivity contribution in [2.45, 2.75) is 19.3 Å². The van der Waals surface area contributed by atoms with Crippen LogP contribution < -0.4 is 20.9 Å². The zero-order valence-electron chi connectivity index (χ0n) is 11.7. The third kappa shape index (κ3) is 3.59. The number of hydrogen-bond acceptors (Lipinski definition) is 8. The minimum atomic E-state index is 0.316. The summed E-state index contributed by atoms with van der Waals surface area (Å²) in [7, 11) is 0. The first kappa shape index (κ1) is 14.0. The summed E-state index contributed by atoms with van der Waals surface area (Å²) in [6.45, 7) is 2.46. The molecule has 21 heavy (non-hydrogen) atoms. The fourth-order valence-corrected chi connectivity index (χ4v) is 2.92. The molecule has 1 aliphatic heterocycles. The van der Waals surface area contributed by atoms with Crippen molar-refractivity contribution in [3.8, 4) is 6.01 Å². The smallest absolute Gasteiger partial charge is 0.323 e. The van der Waals surface area contributed by atoms with Crippen LogP contribution in [0.2, 0.25) is 0 Å². The second-order valence-corrected chi connectivity index (χ2v) is 5.79. The third-order valence-electron chi connectivity index (χ3n) is 3.28. The minimum Gasteiger partial charge on any atom is -0.463 e. The second-order valence-electron chi connectivity index (χ2n) is 4.76. The maximum atomic E-state index is 5.64. The van der Waals surface area contributed by atoms with E-state index in [1.165, 1.54) is 4.88 Å². The second kappa shape index (κ2) is 6.68. The molecule has 0 atom stereocenters. The normalized spacial score (nSPS) is 14.4. The van der Waals surface area contributed by atoms with Gasteiger partial charge in [0.25, 0.3) is 0 Å². The molecule has 1 aliphatic rings. The van der Waals surface area contributed by atoms with Crippen LogP contribution >= 0.6 is 11.3 Å². The predicted octanol–water partition coefficient (Wildman–Crippen LogP) is 1.44. The van der Waals surface area contributed by atoms with Gasteiger partial charge in [0.05, 0.1) is 6.61 Å². The van der Waals surface area contributed by atoms with Crippen molar-refractivity contribution >= 4 is 23.2 Å². The van der Waals surface area contributed by atoms with Crippen LogP contribution in [0.5, 0.6) is 6.01 Å². The lowest BCUT2D eigenvalue weighted by atomic mass is 10.4. The van der Waals surface area contributed by atoms with E-state index in [4.69, 9.17) is 10.6 Å². The Labute approximate surface area is 127 Å². The summed E-state index contributed by atoms with van der Waals surface area (Å²) in [5, 5.41) is 2.06. The van der Waals surface area contributed by atoms with Gasteiger partial charge in [-0.2, -0.15) is 15.0 Å². The average Bonchev–Trinajstić information content (AvgIpc) is 3.20. The number of hydrazine groups is 1. The molecule has 0 spiro atoms. The molecule has 112 valence electrons. The molecule has 0 unspecified atom stereocenters. The number of aromatic nitrogens is 3. The van der Waals surface area contributed by atoms with Crippen molar-refractivity contribution < 1.29 is 4.74 Å². The Hall–Kier alpha value is -1.93. The van der Waals surface area contributed by atoms with Crippen LogP contribution in [0.25, 0.3) is 0 Å². The van der Waals surface area contributed by atoms with Gasteiger partial charge in [-0.1, -0.05) is 6.07 Å². The summed E-state index contributed by atoms with van der Waals surface area (Å²) in [6, 6.07) is 4.44. The van der Waals surface area contributed by atoms with Crippen molar-refractivity contribution in [1.29, 1.82) is 0 Å². The molecular formula is C13H18N6OS. The van der Waals surface area contributed by atoms with Gasteiger partial charge in [0.2, 0.25) is 11.9 Å². The topological polar surface area (TPSA) is 89.2 Å². The maximum Gasteiger partial charge on any atom is 0.323 e. The van der Waals surface area contributed by atoms with E-state index in [1.54, 1.807) is 11.3 Å². The molecule has 1 saturated heterocycles. The Bertz CT molecular complexity index is 570.